The second-order valence-electron chi connectivity index (χ2n) is 3.73. The Morgan fingerprint density at radius 2 is 2.12 bits per heavy atom. The summed E-state index contributed by atoms with van der Waals surface area (Å²) in [7, 11) is 1.50. The van der Waals surface area contributed by atoms with Crippen molar-refractivity contribution < 1.29 is 19.0 Å². The van der Waals surface area contributed by atoms with Gasteiger partial charge in [-0.15, -0.1) is 0 Å². The van der Waals surface area contributed by atoms with Gasteiger partial charge in [0.25, 0.3) is 5.91 Å². The SMILES string of the molecule is CNC(=O)C(C)Oc1ccc([C@@H](C)O)c(F)c1. The van der Waals surface area contributed by atoms with Crippen LogP contribution in [-0.4, -0.2) is 24.2 Å². The molecule has 0 aliphatic heterocycles. The highest BCUT2D eigenvalue weighted by atomic mass is 19.1. The van der Waals surface area contributed by atoms with E-state index in [0.717, 1.165) is 6.07 Å². The number of hydrogen-bond donors (Lipinski definition) is 2. The molecule has 2 atom stereocenters. The Kier molecular flexibility index (Phi) is 4.45. The molecule has 4 nitrogen and oxygen atoms in total. The second kappa shape index (κ2) is 5.63. The molecule has 5 heteroatoms. The summed E-state index contributed by atoms with van der Waals surface area (Å²) in [6.07, 6.45) is -1.57. The first-order valence-corrected chi connectivity index (χ1v) is 5.31. The number of carbonyl (C=O) groups excluding carboxylic acids is 1. The Hall–Kier alpha value is -1.62. The van der Waals surface area contributed by atoms with Crippen LogP contribution in [0, 0.1) is 5.82 Å². The molecule has 1 aromatic carbocycles. The fraction of sp³-hybridized carbons (Fsp3) is 0.417. The molecule has 1 unspecified atom stereocenters. The lowest BCUT2D eigenvalue weighted by atomic mass is 10.1. The highest BCUT2D eigenvalue weighted by Gasteiger charge is 2.14. The third-order valence-electron chi connectivity index (χ3n) is 2.35. The summed E-state index contributed by atoms with van der Waals surface area (Å²) in [6, 6.07) is 4.11. The molecule has 0 saturated carbocycles. The van der Waals surface area contributed by atoms with Gasteiger partial charge in [0, 0.05) is 18.7 Å². The molecule has 0 aromatic heterocycles. The zero-order chi connectivity index (χ0) is 13.0. The summed E-state index contributed by atoms with van der Waals surface area (Å²) in [4.78, 5) is 11.2. The molecule has 94 valence electrons. The summed E-state index contributed by atoms with van der Waals surface area (Å²) >= 11 is 0. The molecule has 0 saturated heterocycles. The van der Waals surface area contributed by atoms with Crippen LogP contribution in [0.25, 0.3) is 0 Å². The van der Waals surface area contributed by atoms with E-state index in [1.54, 1.807) is 6.92 Å². The van der Waals surface area contributed by atoms with Crippen molar-refractivity contribution >= 4 is 5.91 Å². The summed E-state index contributed by atoms with van der Waals surface area (Å²) in [5, 5.41) is 11.7. The van der Waals surface area contributed by atoms with Crippen LogP contribution in [0.2, 0.25) is 0 Å². The lowest BCUT2D eigenvalue weighted by Gasteiger charge is -2.14. The van der Waals surface area contributed by atoms with Crippen molar-refractivity contribution in [3.05, 3.63) is 29.6 Å². The van der Waals surface area contributed by atoms with Gasteiger partial charge in [-0.25, -0.2) is 4.39 Å². The van der Waals surface area contributed by atoms with Gasteiger partial charge in [0.1, 0.15) is 11.6 Å². The number of aliphatic hydroxyl groups excluding tert-OH is 1. The number of benzene rings is 1. The van der Waals surface area contributed by atoms with Gasteiger partial charge in [0.05, 0.1) is 6.10 Å². The number of hydrogen-bond acceptors (Lipinski definition) is 3. The number of halogens is 1. The van der Waals surface area contributed by atoms with Gasteiger partial charge in [-0.2, -0.15) is 0 Å². The molecule has 0 aliphatic rings. The number of aliphatic hydroxyl groups is 1. The van der Waals surface area contributed by atoms with E-state index in [1.165, 1.54) is 26.1 Å². The topological polar surface area (TPSA) is 58.6 Å². The number of amides is 1. The van der Waals surface area contributed by atoms with Gasteiger partial charge in [0.2, 0.25) is 0 Å². The predicted octanol–water partition coefficient (Wildman–Crippen LogP) is 1.39. The molecule has 0 spiro atoms. The number of ether oxygens (including phenoxy) is 1. The van der Waals surface area contributed by atoms with Crippen LogP contribution in [0.4, 0.5) is 4.39 Å². The van der Waals surface area contributed by atoms with E-state index in [4.69, 9.17) is 4.74 Å². The molecular formula is C12H16FNO3. The summed E-state index contributed by atoms with van der Waals surface area (Å²) in [5.41, 5.74) is 0.199. The van der Waals surface area contributed by atoms with E-state index in [2.05, 4.69) is 5.32 Å². The molecule has 0 heterocycles. The van der Waals surface area contributed by atoms with Crippen molar-refractivity contribution in [3.63, 3.8) is 0 Å². The maximum absolute atomic E-state index is 13.5. The van der Waals surface area contributed by atoms with Crippen LogP contribution in [-0.2, 0) is 4.79 Å². The molecule has 0 bridgehead atoms. The standard InChI is InChI=1S/C12H16FNO3/c1-7(15)10-5-4-9(6-11(10)13)17-8(2)12(16)14-3/h4-8,15H,1-3H3,(H,14,16)/t7-,8?/m1/s1. The van der Waals surface area contributed by atoms with Crippen molar-refractivity contribution in [1.29, 1.82) is 0 Å². The van der Waals surface area contributed by atoms with Crippen molar-refractivity contribution in [1.82, 2.24) is 5.32 Å². The molecule has 17 heavy (non-hydrogen) atoms. The lowest BCUT2D eigenvalue weighted by Crippen LogP contribution is -2.33. The normalized spacial score (nSPS) is 13.9. The Morgan fingerprint density at radius 3 is 2.59 bits per heavy atom. The summed E-state index contributed by atoms with van der Waals surface area (Å²) in [6.45, 7) is 3.05. The summed E-state index contributed by atoms with van der Waals surface area (Å²) < 4.78 is 18.7. The molecule has 2 N–H and O–H groups in total. The maximum atomic E-state index is 13.5. The van der Waals surface area contributed by atoms with E-state index in [9.17, 15) is 14.3 Å². The Bertz CT molecular complexity index is 407. The van der Waals surface area contributed by atoms with Gasteiger partial charge in [-0.3, -0.25) is 4.79 Å². The second-order valence-corrected chi connectivity index (χ2v) is 3.73. The fourth-order valence-electron chi connectivity index (χ4n) is 1.38. The number of rotatable bonds is 4. The number of nitrogens with one attached hydrogen (secondary N) is 1. The first-order chi connectivity index (χ1) is 7.95. The van der Waals surface area contributed by atoms with Crippen LogP contribution in [0.5, 0.6) is 5.75 Å². The van der Waals surface area contributed by atoms with Crippen LogP contribution >= 0.6 is 0 Å². The van der Waals surface area contributed by atoms with E-state index in [1.807, 2.05) is 0 Å². The predicted molar refractivity (Wildman–Crippen MR) is 61.2 cm³/mol. The van der Waals surface area contributed by atoms with Crippen molar-refractivity contribution in [2.24, 2.45) is 0 Å². The van der Waals surface area contributed by atoms with Crippen LogP contribution in [0.15, 0.2) is 18.2 Å². The molecule has 0 aliphatic carbocycles. The minimum absolute atomic E-state index is 0.199. The van der Waals surface area contributed by atoms with Gasteiger partial charge >= 0.3 is 0 Å². The first kappa shape index (κ1) is 13.4. The lowest BCUT2D eigenvalue weighted by molar-refractivity contribution is -0.126. The minimum Gasteiger partial charge on any atom is -0.481 e. The monoisotopic (exact) mass is 241 g/mol. The quantitative estimate of drug-likeness (QED) is 0.837. The Morgan fingerprint density at radius 1 is 1.47 bits per heavy atom. The largest absolute Gasteiger partial charge is 0.481 e. The van der Waals surface area contributed by atoms with E-state index >= 15 is 0 Å². The number of carbonyl (C=O) groups is 1. The zero-order valence-electron chi connectivity index (χ0n) is 10.0. The van der Waals surface area contributed by atoms with E-state index in [-0.39, 0.29) is 17.2 Å². The minimum atomic E-state index is -0.875. The average molecular weight is 241 g/mol. The average Bonchev–Trinajstić information content (AvgIpc) is 2.27. The van der Waals surface area contributed by atoms with Crippen LogP contribution < -0.4 is 10.1 Å². The van der Waals surface area contributed by atoms with Gasteiger partial charge in [-0.05, 0) is 26.0 Å². The maximum Gasteiger partial charge on any atom is 0.260 e. The van der Waals surface area contributed by atoms with Gasteiger partial charge in [0.15, 0.2) is 6.10 Å². The smallest absolute Gasteiger partial charge is 0.260 e. The van der Waals surface area contributed by atoms with Crippen molar-refractivity contribution in [2.75, 3.05) is 7.05 Å². The number of likely N-dealkylation sites (N-methyl/N-ethyl adjacent to an activating group) is 1. The molecule has 0 fully saturated rings. The van der Waals surface area contributed by atoms with Crippen molar-refractivity contribution in [2.45, 2.75) is 26.1 Å². The van der Waals surface area contributed by atoms with Crippen LogP contribution in [0.3, 0.4) is 0 Å². The van der Waals surface area contributed by atoms with Gasteiger partial charge < -0.3 is 15.2 Å². The Balaban J connectivity index is 2.81. The highest BCUT2D eigenvalue weighted by Crippen LogP contribution is 2.22. The van der Waals surface area contributed by atoms with E-state index in [0.29, 0.717) is 0 Å². The molecule has 0 radical (unpaired) electrons. The summed E-state index contributed by atoms with van der Waals surface area (Å²) in [5.74, 6) is -0.588. The fourth-order valence-corrected chi connectivity index (χ4v) is 1.38. The van der Waals surface area contributed by atoms with Crippen LogP contribution in [0.1, 0.15) is 25.5 Å². The molecule has 1 amide bonds. The Labute approximate surface area is 99.4 Å². The van der Waals surface area contributed by atoms with Crippen molar-refractivity contribution in [3.8, 4) is 5.75 Å². The highest BCUT2D eigenvalue weighted by molar-refractivity contribution is 5.80. The molecule has 1 rings (SSSR count). The van der Waals surface area contributed by atoms with Gasteiger partial charge in [-0.1, -0.05) is 0 Å². The third-order valence-corrected chi connectivity index (χ3v) is 2.35. The zero-order valence-corrected chi connectivity index (χ0v) is 10.0. The van der Waals surface area contributed by atoms with E-state index < -0.39 is 18.0 Å². The first-order valence-electron chi connectivity index (χ1n) is 5.31. The molecular weight excluding hydrogens is 225 g/mol. The third kappa shape index (κ3) is 3.42. The molecule has 1 aromatic rings.